The molecule has 0 aliphatic carbocycles. The second-order valence-electron chi connectivity index (χ2n) is 5.23. The summed E-state index contributed by atoms with van der Waals surface area (Å²) in [7, 11) is 1.59. The van der Waals surface area contributed by atoms with Crippen LogP contribution < -0.4 is 14.8 Å². The Morgan fingerprint density at radius 1 is 1.40 bits per heavy atom. The van der Waals surface area contributed by atoms with E-state index < -0.39 is 11.4 Å². The average molecular weight is 281 g/mol. The van der Waals surface area contributed by atoms with Gasteiger partial charge >= 0.3 is 5.97 Å². The molecule has 2 N–H and O–H groups in total. The molecule has 112 valence electrons. The highest BCUT2D eigenvalue weighted by molar-refractivity contribution is 5.73. The number of rotatable bonds is 8. The number of hydrogen-bond acceptors (Lipinski definition) is 4. The van der Waals surface area contributed by atoms with Gasteiger partial charge in [0, 0.05) is 18.2 Å². The number of nitrogens with one attached hydrogen (secondary N) is 1. The summed E-state index contributed by atoms with van der Waals surface area (Å²) in [5.74, 6) is 0.460. The fourth-order valence-corrected chi connectivity index (χ4v) is 1.52. The third-order valence-electron chi connectivity index (χ3n) is 3.01. The Balaban J connectivity index is 2.87. The van der Waals surface area contributed by atoms with Gasteiger partial charge in [0.2, 0.25) is 0 Å². The van der Waals surface area contributed by atoms with E-state index in [1.165, 1.54) is 0 Å². The van der Waals surface area contributed by atoms with Crippen molar-refractivity contribution in [2.24, 2.45) is 5.41 Å². The predicted octanol–water partition coefficient (Wildman–Crippen LogP) is 2.29. The Morgan fingerprint density at radius 3 is 2.65 bits per heavy atom. The van der Waals surface area contributed by atoms with Crippen LogP contribution >= 0.6 is 0 Å². The normalized spacial score (nSPS) is 11.2. The lowest BCUT2D eigenvalue weighted by Crippen LogP contribution is -2.31. The molecule has 0 atom stereocenters. The van der Waals surface area contributed by atoms with Gasteiger partial charge in [0.05, 0.1) is 12.5 Å². The van der Waals surface area contributed by atoms with E-state index >= 15 is 0 Å². The van der Waals surface area contributed by atoms with Crippen molar-refractivity contribution >= 4 is 5.97 Å². The van der Waals surface area contributed by atoms with Crippen molar-refractivity contribution in [3.63, 3.8) is 0 Å². The zero-order valence-corrected chi connectivity index (χ0v) is 12.5. The van der Waals surface area contributed by atoms with Crippen molar-refractivity contribution in [3.8, 4) is 11.5 Å². The Kier molecular flexibility index (Phi) is 5.82. The first-order chi connectivity index (χ1) is 9.40. The number of carboxylic acid groups (broad SMARTS) is 1. The third-order valence-corrected chi connectivity index (χ3v) is 3.01. The van der Waals surface area contributed by atoms with Gasteiger partial charge < -0.3 is 19.9 Å². The number of carboxylic acids is 1. The van der Waals surface area contributed by atoms with Gasteiger partial charge in [-0.05, 0) is 26.5 Å². The van der Waals surface area contributed by atoms with Crippen LogP contribution in [0.1, 0.15) is 26.3 Å². The van der Waals surface area contributed by atoms with E-state index in [0.717, 1.165) is 12.1 Å². The van der Waals surface area contributed by atoms with Crippen LogP contribution in [0.3, 0.4) is 0 Å². The summed E-state index contributed by atoms with van der Waals surface area (Å²) < 4.78 is 10.9. The number of hydrogen-bond donors (Lipinski definition) is 2. The molecule has 0 unspecified atom stereocenters. The molecule has 5 nitrogen and oxygen atoms in total. The van der Waals surface area contributed by atoms with Gasteiger partial charge in [-0.25, -0.2) is 0 Å². The summed E-state index contributed by atoms with van der Waals surface area (Å²) in [4.78, 5) is 11.1. The maximum Gasteiger partial charge on any atom is 0.312 e. The average Bonchev–Trinajstić information content (AvgIpc) is 2.43. The summed E-state index contributed by atoms with van der Waals surface area (Å²) in [6.45, 7) is 6.93. The number of methoxy groups -OCH3 is 1. The van der Waals surface area contributed by atoms with Crippen molar-refractivity contribution in [1.82, 2.24) is 5.32 Å². The van der Waals surface area contributed by atoms with Gasteiger partial charge in [-0.1, -0.05) is 13.0 Å². The standard InChI is InChI=1S/C15H23NO4/c1-5-16-9-11-6-7-12(19-4)8-13(11)20-10-15(2,3)14(17)18/h6-8,16H,5,9-10H2,1-4H3,(H,17,18). The molecule has 0 aromatic heterocycles. The van der Waals surface area contributed by atoms with Gasteiger partial charge in [0.25, 0.3) is 0 Å². The number of benzene rings is 1. The molecule has 1 aromatic carbocycles. The lowest BCUT2D eigenvalue weighted by molar-refractivity contribution is -0.148. The molecule has 0 radical (unpaired) electrons. The van der Waals surface area contributed by atoms with Gasteiger partial charge in [0.15, 0.2) is 0 Å². The van der Waals surface area contributed by atoms with Crippen LogP contribution in [0.15, 0.2) is 18.2 Å². The zero-order valence-electron chi connectivity index (χ0n) is 12.5. The third kappa shape index (κ3) is 4.42. The Bertz CT molecular complexity index is 457. The van der Waals surface area contributed by atoms with Crippen LogP contribution in [0.2, 0.25) is 0 Å². The molecule has 5 heteroatoms. The van der Waals surface area contributed by atoms with E-state index in [1.807, 2.05) is 19.1 Å². The second kappa shape index (κ2) is 7.14. The number of ether oxygens (including phenoxy) is 2. The minimum Gasteiger partial charge on any atom is -0.497 e. The highest BCUT2D eigenvalue weighted by Crippen LogP contribution is 2.27. The molecule has 0 spiro atoms. The smallest absolute Gasteiger partial charge is 0.312 e. The minimum atomic E-state index is -0.932. The molecular formula is C15H23NO4. The van der Waals surface area contributed by atoms with Gasteiger partial charge in [-0.2, -0.15) is 0 Å². The Labute approximate surface area is 119 Å². The molecule has 1 aromatic rings. The fraction of sp³-hybridized carbons (Fsp3) is 0.533. The van der Waals surface area contributed by atoms with Gasteiger partial charge in [-0.15, -0.1) is 0 Å². The molecule has 1 rings (SSSR count). The maximum atomic E-state index is 11.1. The lowest BCUT2D eigenvalue weighted by Gasteiger charge is -2.21. The van der Waals surface area contributed by atoms with Crippen molar-refractivity contribution in [1.29, 1.82) is 0 Å². The zero-order chi connectivity index (χ0) is 15.2. The molecule has 0 aliphatic heterocycles. The van der Waals surface area contributed by atoms with Crippen molar-refractivity contribution in [3.05, 3.63) is 23.8 Å². The number of carbonyl (C=O) groups is 1. The van der Waals surface area contributed by atoms with Crippen molar-refractivity contribution in [2.45, 2.75) is 27.3 Å². The maximum absolute atomic E-state index is 11.1. The fourth-order valence-electron chi connectivity index (χ4n) is 1.52. The summed E-state index contributed by atoms with van der Waals surface area (Å²) in [6.07, 6.45) is 0. The molecule has 0 saturated carbocycles. The molecular weight excluding hydrogens is 258 g/mol. The first-order valence-electron chi connectivity index (χ1n) is 6.64. The Morgan fingerprint density at radius 2 is 2.10 bits per heavy atom. The highest BCUT2D eigenvalue weighted by atomic mass is 16.5. The highest BCUT2D eigenvalue weighted by Gasteiger charge is 2.28. The molecule has 0 bridgehead atoms. The van der Waals surface area contributed by atoms with E-state index in [-0.39, 0.29) is 6.61 Å². The van der Waals surface area contributed by atoms with E-state index in [2.05, 4.69) is 5.32 Å². The van der Waals surface area contributed by atoms with E-state index in [9.17, 15) is 4.79 Å². The van der Waals surface area contributed by atoms with Crippen LogP contribution in [0.4, 0.5) is 0 Å². The van der Waals surface area contributed by atoms with Crippen LogP contribution in [-0.4, -0.2) is 31.3 Å². The number of aliphatic carboxylic acids is 1. The SMILES string of the molecule is CCNCc1ccc(OC)cc1OCC(C)(C)C(=O)O. The van der Waals surface area contributed by atoms with Crippen LogP contribution in [0, 0.1) is 5.41 Å². The summed E-state index contributed by atoms with van der Waals surface area (Å²) in [6, 6.07) is 5.57. The van der Waals surface area contributed by atoms with Crippen LogP contribution in [0.25, 0.3) is 0 Å². The summed E-state index contributed by atoms with van der Waals surface area (Å²) in [5, 5.41) is 12.3. The molecule has 0 amide bonds. The summed E-state index contributed by atoms with van der Waals surface area (Å²) >= 11 is 0. The molecule has 0 saturated heterocycles. The van der Waals surface area contributed by atoms with Crippen molar-refractivity contribution < 1.29 is 19.4 Å². The van der Waals surface area contributed by atoms with Gasteiger partial charge in [0.1, 0.15) is 18.1 Å². The molecule has 0 aliphatic rings. The largest absolute Gasteiger partial charge is 0.497 e. The Hall–Kier alpha value is -1.75. The van der Waals surface area contributed by atoms with Crippen molar-refractivity contribution in [2.75, 3.05) is 20.3 Å². The topological polar surface area (TPSA) is 67.8 Å². The second-order valence-corrected chi connectivity index (χ2v) is 5.23. The van der Waals surface area contributed by atoms with E-state index in [0.29, 0.717) is 18.0 Å². The summed E-state index contributed by atoms with van der Waals surface area (Å²) in [5.41, 5.74) is 0.0484. The molecule has 0 fully saturated rings. The van der Waals surface area contributed by atoms with E-state index in [1.54, 1.807) is 27.0 Å². The van der Waals surface area contributed by atoms with E-state index in [4.69, 9.17) is 14.6 Å². The van der Waals surface area contributed by atoms with Crippen LogP contribution in [0.5, 0.6) is 11.5 Å². The molecule has 20 heavy (non-hydrogen) atoms. The molecule has 0 heterocycles. The minimum absolute atomic E-state index is 0.106. The quantitative estimate of drug-likeness (QED) is 0.765. The monoisotopic (exact) mass is 281 g/mol. The predicted molar refractivity (Wildman–Crippen MR) is 77.3 cm³/mol. The van der Waals surface area contributed by atoms with Gasteiger partial charge in [-0.3, -0.25) is 4.79 Å². The first-order valence-corrected chi connectivity index (χ1v) is 6.64. The lowest BCUT2D eigenvalue weighted by atomic mass is 9.95. The van der Waals surface area contributed by atoms with Crippen LogP contribution in [-0.2, 0) is 11.3 Å². The first kappa shape index (κ1) is 16.3.